The molecule has 0 aromatic rings. The summed E-state index contributed by atoms with van der Waals surface area (Å²) in [4.78, 5) is 0. The molecule has 0 saturated carbocycles. The normalized spacial score (nSPS) is 11.8. The maximum absolute atomic E-state index is 10.0. The highest BCUT2D eigenvalue weighted by molar-refractivity contribution is 7.83. The number of rotatable bonds is 5. The number of nitrogens with one attached hydrogen (secondary N) is 1. The molecular weight excluding hydrogens is 154 g/mol. The number of hydrogen-bond donors (Lipinski definition) is 2. The predicted octanol–water partition coefficient (Wildman–Crippen LogP) is 0.569. The largest absolute Gasteiger partial charge is 0.333 e. The molecular formula is C5H13NO3S. The summed E-state index contributed by atoms with van der Waals surface area (Å²) in [5.74, 6) is 0. The maximum atomic E-state index is 10.0. The lowest BCUT2D eigenvalue weighted by atomic mass is 10.3. The molecule has 0 fully saturated rings. The van der Waals surface area contributed by atoms with E-state index in [1.807, 2.05) is 11.6 Å². The molecule has 0 aliphatic carbocycles. The minimum atomic E-state index is -3.95. The molecule has 0 saturated heterocycles. The van der Waals surface area contributed by atoms with Crippen LogP contribution in [0.4, 0.5) is 0 Å². The highest BCUT2D eigenvalue weighted by atomic mass is 32.2. The third-order valence-corrected chi connectivity index (χ3v) is 1.63. The molecule has 0 aliphatic rings. The summed E-state index contributed by atoms with van der Waals surface area (Å²) in [6, 6.07) is 0. The van der Waals surface area contributed by atoms with Crippen LogP contribution in [-0.4, -0.2) is 19.5 Å². The fraction of sp³-hybridized carbons (Fsp3) is 1.00. The minimum absolute atomic E-state index is 0.326. The zero-order valence-electron chi connectivity index (χ0n) is 6.00. The smallest absolute Gasteiger partial charge is 0.273 e. The van der Waals surface area contributed by atoms with E-state index in [0.29, 0.717) is 6.54 Å². The summed E-state index contributed by atoms with van der Waals surface area (Å²) in [6.07, 6.45) is 2.78. The Morgan fingerprint density at radius 2 is 2.00 bits per heavy atom. The lowest BCUT2D eigenvalue weighted by molar-refractivity contribution is 0.465. The van der Waals surface area contributed by atoms with Gasteiger partial charge in [0.05, 0.1) is 0 Å². The van der Waals surface area contributed by atoms with Gasteiger partial charge in [-0.1, -0.05) is 19.8 Å². The Labute approximate surface area is 61.5 Å². The molecule has 0 atom stereocenters. The average Bonchev–Trinajstić information content (AvgIpc) is 1.78. The predicted molar refractivity (Wildman–Crippen MR) is 39.1 cm³/mol. The summed E-state index contributed by atoms with van der Waals surface area (Å²) in [6.45, 7) is 2.35. The summed E-state index contributed by atoms with van der Waals surface area (Å²) in [5.41, 5.74) is 0. The molecule has 0 bridgehead atoms. The van der Waals surface area contributed by atoms with Gasteiger partial charge in [-0.2, -0.15) is 13.1 Å². The van der Waals surface area contributed by atoms with Crippen LogP contribution in [0.3, 0.4) is 0 Å². The van der Waals surface area contributed by atoms with Gasteiger partial charge in [-0.15, -0.1) is 0 Å². The molecule has 62 valence electrons. The van der Waals surface area contributed by atoms with Crippen molar-refractivity contribution in [3.8, 4) is 0 Å². The Morgan fingerprint density at radius 1 is 1.40 bits per heavy atom. The van der Waals surface area contributed by atoms with Crippen LogP contribution >= 0.6 is 0 Å². The van der Waals surface area contributed by atoms with Gasteiger partial charge >= 0.3 is 10.3 Å². The zero-order chi connectivity index (χ0) is 8.04. The molecule has 4 nitrogen and oxygen atoms in total. The Morgan fingerprint density at radius 3 is 2.40 bits per heavy atom. The van der Waals surface area contributed by atoms with Gasteiger partial charge in [-0.25, -0.2) is 0 Å². The molecule has 0 rings (SSSR count). The number of hydrogen-bond acceptors (Lipinski definition) is 2. The fourth-order valence-electron chi connectivity index (χ4n) is 0.576. The zero-order valence-corrected chi connectivity index (χ0v) is 6.82. The lowest BCUT2D eigenvalue weighted by Crippen LogP contribution is -2.23. The summed E-state index contributed by atoms with van der Waals surface area (Å²) >= 11 is 0. The van der Waals surface area contributed by atoms with Crippen molar-refractivity contribution in [2.24, 2.45) is 0 Å². The quantitative estimate of drug-likeness (QED) is 0.464. The molecule has 5 heteroatoms. The SMILES string of the molecule is CCCCCNS(=O)(=O)O. The molecule has 0 spiro atoms. The number of unbranched alkanes of at least 4 members (excludes halogenated alkanes) is 2. The molecule has 0 aromatic heterocycles. The van der Waals surface area contributed by atoms with Crippen LogP contribution in [0.1, 0.15) is 26.2 Å². The maximum Gasteiger partial charge on any atom is 0.333 e. The molecule has 0 aromatic carbocycles. The van der Waals surface area contributed by atoms with Crippen molar-refractivity contribution in [3.63, 3.8) is 0 Å². The highest BCUT2D eigenvalue weighted by Gasteiger charge is 1.99. The minimum Gasteiger partial charge on any atom is -0.273 e. The van der Waals surface area contributed by atoms with E-state index in [-0.39, 0.29) is 0 Å². The van der Waals surface area contributed by atoms with Crippen molar-refractivity contribution in [2.75, 3.05) is 6.54 Å². The van der Waals surface area contributed by atoms with Gasteiger partial charge < -0.3 is 0 Å². The van der Waals surface area contributed by atoms with Gasteiger partial charge in [0.25, 0.3) is 0 Å². The molecule has 0 unspecified atom stereocenters. The molecule has 0 amide bonds. The second-order valence-corrected chi connectivity index (χ2v) is 3.32. The lowest BCUT2D eigenvalue weighted by Gasteiger charge is -1.97. The van der Waals surface area contributed by atoms with Crippen molar-refractivity contribution in [1.29, 1.82) is 0 Å². The van der Waals surface area contributed by atoms with Crippen LogP contribution in [0.5, 0.6) is 0 Å². The first-order valence-electron chi connectivity index (χ1n) is 3.28. The van der Waals surface area contributed by atoms with Gasteiger partial charge in [-0.05, 0) is 6.42 Å². The van der Waals surface area contributed by atoms with E-state index in [4.69, 9.17) is 4.55 Å². The van der Waals surface area contributed by atoms with E-state index in [0.717, 1.165) is 19.3 Å². The highest BCUT2D eigenvalue weighted by Crippen LogP contribution is 1.91. The second kappa shape index (κ2) is 4.65. The van der Waals surface area contributed by atoms with Crippen LogP contribution in [-0.2, 0) is 10.3 Å². The van der Waals surface area contributed by atoms with Gasteiger partial charge in [0, 0.05) is 6.54 Å². The van der Waals surface area contributed by atoms with Gasteiger partial charge in [0.2, 0.25) is 0 Å². The summed E-state index contributed by atoms with van der Waals surface area (Å²) in [7, 11) is -3.95. The van der Waals surface area contributed by atoms with Crippen molar-refractivity contribution in [1.82, 2.24) is 4.72 Å². The van der Waals surface area contributed by atoms with Crippen molar-refractivity contribution >= 4 is 10.3 Å². The van der Waals surface area contributed by atoms with Crippen LogP contribution < -0.4 is 4.72 Å². The van der Waals surface area contributed by atoms with E-state index < -0.39 is 10.3 Å². The molecule has 10 heavy (non-hydrogen) atoms. The van der Waals surface area contributed by atoms with Crippen molar-refractivity contribution in [2.45, 2.75) is 26.2 Å². The van der Waals surface area contributed by atoms with E-state index in [2.05, 4.69) is 0 Å². The molecule has 2 N–H and O–H groups in total. The third kappa shape index (κ3) is 7.87. The Balaban J connectivity index is 3.21. The van der Waals surface area contributed by atoms with Crippen molar-refractivity contribution in [3.05, 3.63) is 0 Å². The average molecular weight is 167 g/mol. The second-order valence-electron chi connectivity index (χ2n) is 2.08. The fourth-order valence-corrected chi connectivity index (χ4v) is 0.978. The Bertz CT molecular complexity index is 164. The van der Waals surface area contributed by atoms with E-state index in [1.165, 1.54) is 0 Å². The van der Waals surface area contributed by atoms with E-state index in [9.17, 15) is 8.42 Å². The standard InChI is InChI=1S/C5H13NO3S/c1-2-3-4-5-6-10(7,8)9/h6H,2-5H2,1H3,(H,7,8,9). The first kappa shape index (κ1) is 9.87. The van der Waals surface area contributed by atoms with E-state index >= 15 is 0 Å². The molecule has 0 radical (unpaired) electrons. The summed E-state index contributed by atoms with van der Waals surface area (Å²) in [5, 5.41) is 0. The van der Waals surface area contributed by atoms with Gasteiger partial charge in [0.15, 0.2) is 0 Å². The van der Waals surface area contributed by atoms with E-state index in [1.54, 1.807) is 0 Å². The Hall–Kier alpha value is -0.130. The van der Waals surface area contributed by atoms with Gasteiger partial charge in [-0.3, -0.25) is 4.55 Å². The molecule has 0 aliphatic heterocycles. The first-order chi connectivity index (χ1) is 4.56. The monoisotopic (exact) mass is 167 g/mol. The third-order valence-electron chi connectivity index (χ3n) is 1.06. The van der Waals surface area contributed by atoms with Crippen LogP contribution in [0, 0.1) is 0 Å². The van der Waals surface area contributed by atoms with Crippen molar-refractivity contribution < 1.29 is 13.0 Å². The van der Waals surface area contributed by atoms with Crippen LogP contribution in [0.15, 0.2) is 0 Å². The van der Waals surface area contributed by atoms with Crippen LogP contribution in [0.2, 0.25) is 0 Å². The molecule has 0 heterocycles. The van der Waals surface area contributed by atoms with Crippen LogP contribution in [0.25, 0.3) is 0 Å². The Kier molecular flexibility index (Phi) is 4.59. The first-order valence-corrected chi connectivity index (χ1v) is 4.72. The van der Waals surface area contributed by atoms with Gasteiger partial charge in [0.1, 0.15) is 0 Å². The topological polar surface area (TPSA) is 66.4 Å². The summed E-state index contributed by atoms with van der Waals surface area (Å²) < 4.78 is 30.2.